The Labute approximate surface area is 99.4 Å². The minimum atomic E-state index is -0.269. The fourth-order valence-electron chi connectivity index (χ4n) is 1.91. The first-order valence-corrected chi connectivity index (χ1v) is 5.74. The lowest BCUT2D eigenvalue weighted by Crippen LogP contribution is -2.16. The molecule has 0 amide bonds. The van der Waals surface area contributed by atoms with E-state index in [2.05, 4.69) is 15.3 Å². The summed E-state index contributed by atoms with van der Waals surface area (Å²) in [6.45, 7) is 2.46. The third kappa shape index (κ3) is 2.97. The Morgan fingerprint density at radius 2 is 2.59 bits per heavy atom. The number of hydrogen-bond donors (Lipinski definition) is 2. The molecule has 6 nitrogen and oxygen atoms in total. The zero-order chi connectivity index (χ0) is 12.1. The van der Waals surface area contributed by atoms with Crippen LogP contribution in [0, 0.1) is 5.92 Å². The highest BCUT2D eigenvalue weighted by molar-refractivity contribution is 5.47. The topological polar surface area (TPSA) is 76.2 Å². The lowest BCUT2D eigenvalue weighted by molar-refractivity contribution is 0.185. The smallest absolute Gasteiger partial charge is 0.295 e. The monoisotopic (exact) mass is 239 g/mol. The zero-order valence-corrected chi connectivity index (χ0v) is 9.86. The number of aromatic nitrogens is 2. The first-order chi connectivity index (χ1) is 8.31. The molecule has 0 aromatic carbocycles. The maximum Gasteiger partial charge on any atom is 0.295 e. The molecule has 1 saturated heterocycles. The fourth-order valence-corrected chi connectivity index (χ4v) is 1.91. The molecule has 1 aliphatic heterocycles. The largest absolute Gasteiger partial charge is 0.489 e. The lowest BCUT2D eigenvalue weighted by Gasteiger charge is -2.10. The van der Waals surface area contributed by atoms with E-state index < -0.39 is 0 Å². The van der Waals surface area contributed by atoms with Gasteiger partial charge in [0.25, 0.3) is 5.56 Å². The van der Waals surface area contributed by atoms with Crippen molar-refractivity contribution in [2.75, 3.05) is 32.2 Å². The second-order valence-corrected chi connectivity index (χ2v) is 4.06. The molecule has 2 rings (SSSR count). The van der Waals surface area contributed by atoms with Crippen LogP contribution in [0.25, 0.3) is 0 Å². The summed E-state index contributed by atoms with van der Waals surface area (Å²) in [6.07, 6.45) is 3.49. The SMILES string of the molecule is COc1c(NCCC2CCOC2)nc[nH]c1=O. The molecule has 17 heavy (non-hydrogen) atoms. The number of H-pyrrole nitrogens is 1. The number of methoxy groups -OCH3 is 1. The standard InChI is InChI=1S/C11H17N3O3/c1-16-9-10(13-7-14-11(9)15)12-4-2-8-3-5-17-6-8/h7-8H,2-6H2,1H3,(H2,12,13,14,15). The van der Waals surface area contributed by atoms with Gasteiger partial charge in [-0.15, -0.1) is 0 Å². The third-order valence-corrected chi connectivity index (χ3v) is 2.88. The van der Waals surface area contributed by atoms with Gasteiger partial charge in [-0.2, -0.15) is 0 Å². The van der Waals surface area contributed by atoms with Gasteiger partial charge in [0.05, 0.1) is 13.4 Å². The summed E-state index contributed by atoms with van der Waals surface area (Å²) in [5.74, 6) is 1.33. The van der Waals surface area contributed by atoms with Crippen LogP contribution >= 0.6 is 0 Å². The highest BCUT2D eigenvalue weighted by Crippen LogP contribution is 2.18. The average Bonchev–Trinajstić information content (AvgIpc) is 2.82. The molecule has 6 heteroatoms. The summed E-state index contributed by atoms with van der Waals surface area (Å²) < 4.78 is 10.3. The van der Waals surface area contributed by atoms with E-state index in [-0.39, 0.29) is 11.3 Å². The van der Waals surface area contributed by atoms with Crippen LogP contribution in [0.5, 0.6) is 5.75 Å². The molecule has 1 atom stereocenters. The predicted molar refractivity (Wildman–Crippen MR) is 63.4 cm³/mol. The van der Waals surface area contributed by atoms with E-state index in [0.29, 0.717) is 11.7 Å². The van der Waals surface area contributed by atoms with E-state index in [1.807, 2.05) is 0 Å². The minimum Gasteiger partial charge on any atom is -0.489 e. The van der Waals surface area contributed by atoms with Crippen LogP contribution in [0.15, 0.2) is 11.1 Å². The molecule has 0 aliphatic carbocycles. The summed E-state index contributed by atoms with van der Waals surface area (Å²) in [4.78, 5) is 17.9. The number of hydrogen-bond acceptors (Lipinski definition) is 5. The number of nitrogens with one attached hydrogen (secondary N) is 2. The lowest BCUT2D eigenvalue weighted by atomic mass is 10.1. The average molecular weight is 239 g/mol. The van der Waals surface area contributed by atoms with Gasteiger partial charge in [-0.25, -0.2) is 4.98 Å². The first kappa shape index (κ1) is 11.9. The highest BCUT2D eigenvalue weighted by atomic mass is 16.5. The van der Waals surface area contributed by atoms with Crippen molar-refractivity contribution in [2.45, 2.75) is 12.8 Å². The van der Waals surface area contributed by atoms with Crippen LogP contribution in [0.3, 0.4) is 0 Å². The molecule has 0 saturated carbocycles. The number of anilines is 1. The van der Waals surface area contributed by atoms with Crippen molar-refractivity contribution < 1.29 is 9.47 Å². The molecule has 0 bridgehead atoms. The van der Waals surface area contributed by atoms with Gasteiger partial charge < -0.3 is 19.8 Å². The van der Waals surface area contributed by atoms with Crippen LogP contribution in [-0.2, 0) is 4.74 Å². The van der Waals surface area contributed by atoms with E-state index in [0.717, 1.165) is 32.6 Å². The van der Waals surface area contributed by atoms with Gasteiger partial charge >= 0.3 is 0 Å². The van der Waals surface area contributed by atoms with E-state index >= 15 is 0 Å². The fraction of sp³-hybridized carbons (Fsp3) is 0.636. The van der Waals surface area contributed by atoms with Gasteiger partial charge in [0.15, 0.2) is 5.82 Å². The Morgan fingerprint density at radius 3 is 3.29 bits per heavy atom. The normalized spacial score (nSPS) is 19.2. The summed E-state index contributed by atoms with van der Waals surface area (Å²) >= 11 is 0. The molecular weight excluding hydrogens is 222 g/mol. The second kappa shape index (κ2) is 5.67. The van der Waals surface area contributed by atoms with E-state index in [1.54, 1.807) is 0 Å². The summed E-state index contributed by atoms with van der Waals surface area (Å²) in [6, 6.07) is 0. The Kier molecular flexibility index (Phi) is 3.98. The van der Waals surface area contributed by atoms with Crippen molar-refractivity contribution in [1.29, 1.82) is 0 Å². The van der Waals surface area contributed by atoms with Crippen molar-refractivity contribution in [2.24, 2.45) is 5.92 Å². The number of nitrogens with zero attached hydrogens (tertiary/aromatic N) is 1. The van der Waals surface area contributed by atoms with Crippen molar-refractivity contribution in [1.82, 2.24) is 9.97 Å². The van der Waals surface area contributed by atoms with Crippen LogP contribution < -0.4 is 15.6 Å². The third-order valence-electron chi connectivity index (χ3n) is 2.88. The van der Waals surface area contributed by atoms with Crippen LogP contribution in [0.4, 0.5) is 5.82 Å². The summed E-state index contributed by atoms with van der Waals surface area (Å²) in [5, 5.41) is 3.12. The Hall–Kier alpha value is -1.56. The maximum absolute atomic E-state index is 11.4. The quantitative estimate of drug-likeness (QED) is 0.787. The summed E-state index contributed by atoms with van der Waals surface area (Å²) in [7, 11) is 1.46. The second-order valence-electron chi connectivity index (χ2n) is 4.06. The van der Waals surface area contributed by atoms with E-state index in [4.69, 9.17) is 9.47 Å². The molecular formula is C11H17N3O3. The highest BCUT2D eigenvalue weighted by Gasteiger charge is 2.15. The minimum absolute atomic E-state index is 0.232. The van der Waals surface area contributed by atoms with E-state index in [1.165, 1.54) is 13.4 Å². The number of aromatic amines is 1. The van der Waals surface area contributed by atoms with Gasteiger partial charge in [0.2, 0.25) is 5.75 Å². The molecule has 94 valence electrons. The molecule has 1 aromatic rings. The first-order valence-electron chi connectivity index (χ1n) is 5.74. The van der Waals surface area contributed by atoms with Crippen molar-refractivity contribution >= 4 is 5.82 Å². The molecule has 0 spiro atoms. The maximum atomic E-state index is 11.4. The van der Waals surface area contributed by atoms with Gasteiger partial charge in [0.1, 0.15) is 0 Å². The van der Waals surface area contributed by atoms with Crippen molar-refractivity contribution in [3.63, 3.8) is 0 Å². The van der Waals surface area contributed by atoms with Gasteiger partial charge in [-0.1, -0.05) is 0 Å². The zero-order valence-electron chi connectivity index (χ0n) is 9.86. The number of rotatable bonds is 5. The molecule has 1 fully saturated rings. The Balaban J connectivity index is 1.89. The van der Waals surface area contributed by atoms with Crippen molar-refractivity contribution in [3.8, 4) is 5.75 Å². The molecule has 1 aliphatic rings. The molecule has 2 N–H and O–H groups in total. The molecule has 1 aromatic heterocycles. The Morgan fingerprint density at radius 1 is 1.71 bits per heavy atom. The molecule has 1 unspecified atom stereocenters. The summed E-state index contributed by atoms with van der Waals surface area (Å²) in [5.41, 5.74) is -0.269. The van der Waals surface area contributed by atoms with Crippen molar-refractivity contribution in [3.05, 3.63) is 16.7 Å². The van der Waals surface area contributed by atoms with Crippen LogP contribution in [-0.4, -0.2) is 36.8 Å². The van der Waals surface area contributed by atoms with E-state index in [9.17, 15) is 4.79 Å². The van der Waals surface area contributed by atoms with Gasteiger partial charge in [0, 0.05) is 19.8 Å². The molecule has 0 radical (unpaired) electrons. The van der Waals surface area contributed by atoms with Crippen LogP contribution in [0.2, 0.25) is 0 Å². The Bertz CT molecular complexity index is 413. The van der Waals surface area contributed by atoms with Crippen LogP contribution in [0.1, 0.15) is 12.8 Å². The predicted octanol–water partition coefficient (Wildman–Crippen LogP) is 0.617. The van der Waals surface area contributed by atoms with Gasteiger partial charge in [-0.05, 0) is 18.8 Å². The number of ether oxygens (including phenoxy) is 2. The molecule has 2 heterocycles. The van der Waals surface area contributed by atoms with Gasteiger partial charge in [-0.3, -0.25) is 4.79 Å².